The number of carboxylic acid groups (broad SMARTS) is 1. The van der Waals surface area contributed by atoms with Gasteiger partial charge in [0.05, 0.1) is 25.8 Å². The molecule has 5 heteroatoms. The van der Waals surface area contributed by atoms with Gasteiger partial charge in [0, 0.05) is 17.2 Å². The van der Waals surface area contributed by atoms with Gasteiger partial charge < -0.3 is 19.9 Å². The molecule has 1 aliphatic carbocycles. The number of aromatic carboxylic acids is 1. The molecular weight excluding hydrogens is 330 g/mol. The van der Waals surface area contributed by atoms with Gasteiger partial charge in [0.2, 0.25) is 0 Å². The number of rotatable bonds is 4. The maximum Gasteiger partial charge on any atom is 0.335 e. The Labute approximate surface area is 152 Å². The van der Waals surface area contributed by atoms with E-state index in [0.29, 0.717) is 17.2 Å². The highest BCUT2D eigenvalue weighted by molar-refractivity contribution is 5.89. The number of hydrogen-bond donors (Lipinski definition) is 2. The minimum Gasteiger partial charge on any atom is -0.493 e. The van der Waals surface area contributed by atoms with Gasteiger partial charge in [-0.3, -0.25) is 0 Å². The van der Waals surface area contributed by atoms with Crippen molar-refractivity contribution >= 4 is 11.7 Å². The Morgan fingerprint density at radius 2 is 2.00 bits per heavy atom. The van der Waals surface area contributed by atoms with E-state index in [1.807, 2.05) is 18.2 Å². The number of hydrogen-bond acceptors (Lipinski definition) is 4. The molecule has 5 nitrogen and oxygen atoms in total. The molecule has 0 saturated carbocycles. The van der Waals surface area contributed by atoms with Crippen LogP contribution in [0.4, 0.5) is 5.69 Å². The summed E-state index contributed by atoms with van der Waals surface area (Å²) in [6.45, 7) is 0. The molecule has 0 radical (unpaired) electrons. The van der Waals surface area contributed by atoms with Crippen molar-refractivity contribution in [2.24, 2.45) is 5.92 Å². The van der Waals surface area contributed by atoms with Crippen LogP contribution in [0.3, 0.4) is 0 Å². The number of methoxy groups -OCH3 is 2. The Hall–Kier alpha value is -2.95. The predicted octanol–water partition coefficient (Wildman–Crippen LogP) is 4.23. The van der Waals surface area contributed by atoms with E-state index in [9.17, 15) is 9.90 Å². The Balaban J connectivity index is 1.81. The molecule has 0 fully saturated rings. The number of fused-ring (bicyclic) bond motifs is 3. The summed E-state index contributed by atoms with van der Waals surface area (Å²) in [7, 11) is 3.29. The molecule has 26 heavy (non-hydrogen) atoms. The largest absolute Gasteiger partial charge is 0.493 e. The monoisotopic (exact) mass is 351 g/mol. The second kappa shape index (κ2) is 6.41. The molecular formula is C21H21NO4. The van der Waals surface area contributed by atoms with Crippen LogP contribution in [-0.4, -0.2) is 25.3 Å². The first-order chi connectivity index (χ1) is 12.6. The van der Waals surface area contributed by atoms with Gasteiger partial charge in [-0.25, -0.2) is 4.79 Å². The Morgan fingerprint density at radius 3 is 2.73 bits per heavy atom. The number of nitrogens with one attached hydrogen (secondary N) is 1. The first kappa shape index (κ1) is 16.5. The van der Waals surface area contributed by atoms with Crippen LogP contribution in [0.25, 0.3) is 0 Å². The number of ether oxygens (including phenoxy) is 2. The van der Waals surface area contributed by atoms with Crippen LogP contribution in [0, 0.1) is 5.92 Å². The van der Waals surface area contributed by atoms with Crippen molar-refractivity contribution in [2.75, 3.05) is 19.5 Å². The third kappa shape index (κ3) is 2.51. The number of allylic oxidation sites excluding steroid dienone is 2. The summed E-state index contributed by atoms with van der Waals surface area (Å²) in [5.74, 6) is 1.03. The van der Waals surface area contributed by atoms with Gasteiger partial charge >= 0.3 is 5.97 Å². The maximum atomic E-state index is 11.3. The number of para-hydroxylation sites is 1. The Morgan fingerprint density at radius 1 is 1.15 bits per heavy atom. The highest BCUT2D eigenvalue weighted by Gasteiger charge is 2.39. The first-order valence-electron chi connectivity index (χ1n) is 8.65. The number of benzene rings is 2. The van der Waals surface area contributed by atoms with Crippen LogP contribution in [0.15, 0.2) is 48.6 Å². The zero-order chi connectivity index (χ0) is 18.3. The zero-order valence-corrected chi connectivity index (χ0v) is 14.7. The third-order valence-electron chi connectivity index (χ3n) is 5.38. The fraction of sp³-hybridized carbons (Fsp3) is 0.286. The summed E-state index contributed by atoms with van der Waals surface area (Å²) < 4.78 is 11.1. The smallest absolute Gasteiger partial charge is 0.335 e. The van der Waals surface area contributed by atoms with E-state index in [-0.39, 0.29) is 12.0 Å². The van der Waals surface area contributed by atoms with Crippen LogP contribution in [-0.2, 0) is 0 Å². The molecule has 4 rings (SSSR count). The minimum atomic E-state index is -0.900. The van der Waals surface area contributed by atoms with Crippen molar-refractivity contribution in [3.05, 3.63) is 65.2 Å². The summed E-state index contributed by atoms with van der Waals surface area (Å²) in [4.78, 5) is 11.3. The van der Waals surface area contributed by atoms with Gasteiger partial charge in [-0.15, -0.1) is 0 Å². The summed E-state index contributed by atoms with van der Waals surface area (Å²) in [5, 5.41) is 12.9. The van der Waals surface area contributed by atoms with Crippen LogP contribution < -0.4 is 14.8 Å². The quantitative estimate of drug-likeness (QED) is 0.807. The van der Waals surface area contributed by atoms with Crippen molar-refractivity contribution in [3.63, 3.8) is 0 Å². The lowest BCUT2D eigenvalue weighted by molar-refractivity contribution is 0.0696. The number of anilines is 1. The van der Waals surface area contributed by atoms with E-state index in [0.717, 1.165) is 29.0 Å². The third-order valence-corrected chi connectivity index (χ3v) is 5.38. The summed E-state index contributed by atoms with van der Waals surface area (Å²) in [5.41, 5.74) is 3.39. The molecule has 2 aliphatic rings. The predicted molar refractivity (Wildman–Crippen MR) is 99.3 cm³/mol. The molecule has 1 aliphatic heterocycles. The number of carboxylic acids is 1. The fourth-order valence-corrected chi connectivity index (χ4v) is 4.19. The molecule has 0 spiro atoms. The normalized spacial score (nSPS) is 22.9. The van der Waals surface area contributed by atoms with Crippen LogP contribution in [0.5, 0.6) is 11.5 Å². The van der Waals surface area contributed by atoms with E-state index >= 15 is 0 Å². The van der Waals surface area contributed by atoms with Crippen LogP contribution in [0.2, 0.25) is 0 Å². The molecule has 0 unspecified atom stereocenters. The van der Waals surface area contributed by atoms with Crippen molar-refractivity contribution in [2.45, 2.75) is 18.4 Å². The molecule has 2 N–H and O–H groups in total. The van der Waals surface area contributed by atoms with E-state index in [2.05, 4.69) is 23.5 Å². The lowest BCUT2D eigenvalue weighted by Gasteiger charge is -2.38. The molecule has 2 aromatic rings. The second-order valence-corrected chi connectivity index (χ2v) is 6.67. The maximum absolute atomic E-state index is 11.3. The molecule has 3 atom stereocenters. The van der Waals surface area contributed by atoms with Crippen LogP contribution >= 0.6 is 0 Å². The van der Waals surface area contributed by atoms with Gasteiger partial charge in [-0.1, -0.05) is 24.3 Å². The fourth-order valence-electron chi connectivity index (χ4n) is 4.19. The van der Waals surface area contributed by atoms with Crippen molar-refractivity contribution in [1.82, 2.24) is 0 Å². The SMILES string of the molecule is COc1cccc([C@@H]2Nc3ccc(C(=O)O)cc3[C@@H]3C=CC[C@@H]32)c1OC. The molecule has 0 amide bonds. The van der Waals surface area contributed by atoms with E-state index in [1.54, 1.807) is 26.4 Å². The van der Waals surface area contributed by atoms with Crippen molar-refractivity contribution in [3.8, 4) is 11.5 Å². The van der Waals surface area contributed by atoms with Gasteiger partial charge in [0.25, 0.3) is 0 Å². The minimum absolute atomic E-state index is 0.0585. The zero-order valence-electron chi connectivity index (χ0n) is 14.7. The first-order valence-corrected chi connectivity index (χ1v) is 8.65. The lowest BCUT2D eigenvalue weighted by atomic mass is 9.76. The van der Waals surface area contributed by atoms with E-state index in [1.165, 1.54) is 0 Å². The molecule has 2 aromatic carbocycles. The lowest BCUT2D eigenvalue weighted by Crippen LogP contribution is -2.29. The standard InChI is InChI=1S/C21H21NO4/c1-25-18-8-4-7-15(20(18)26-2)19-14-6-3-5-13(14)16-11-12(21(23)24)9-10-17(16)22-19/h3-5,7-11,13-14,19,22H,6H2,1-2H3,(H,23,24)/t13-,14+,19-/m1/s1. The van der Waals surface area contributed by atoms with Gasteiger partial charge in [-0.2, -0.15) is 0 Å². The summed E-state index contributed by atoms with van der Waals surface area (Å²) in [6.07, 6.45) is 5.30. The van der Waals surface area contributed by atoms with Crippen molar-refractivity contribution in [1.29, 1.82) is 0 Å². The van der Waals surface area contributed by atoms with Crippen LogP contribution in [0.1, 0.15) is 39.9 Å². The van der Waals surface area contributed by atoms with E-state index in [4.69, 9.17) is 9.47 Å². The average Bonchev–Trinajstić information content (AvgIpc) is 3.16. The number of carbonyl (C=O) groups is 1. The molecule has 0 bridgehead atoms. The second-order valence-electron chi connectivity index (χ2n) is 6.67. The van der Waals surface area contributed by atoms with Crippen molar-refractivity contribution < 1.29 is 19.4 Å². The average molecular weight is 351 g/mol. The van der Waals surface area contributed by atoms with Gasteiger partial charge in [0.1, 0.15) is 0 Å². The molecule has 0 aromatic heterocycles. The topological polar surface area (TPSA) is 67.8 Å². The van der Waals surface area contributed by atoms with Gasteiger partial charge in [-0.05, 0) is 42.2 Å². The Bertz CT molecular complexity index is 890. The molecule has 0 saturated heterocycles. The highest BCUT2D eigenvalue weighted by atomic mass is 16.5. The molecule has 1 heterocycles. The summed E-state index contributed by atoms with van der Waals surface area (Å²) in [6, 6.07) is 11.3. The molecule has 134 valence electrons. The highest BCUT2D eigenvalue weighted by Crippen LogP contribution is 2.52. The summed E-state index contributed by atoms with van der Waals surface area (Å²) >= 11 is 0. The Kier molecular flexibility index (Phi) is 4.07. The van der Waals surface area contributed by atoms with E-state index < -0.39 is 5.97 Å². The van der Waals surface area contributed by atoms with Gasteiger partial charge in [0.15, 0.2) is 11.5 Å².